The van der Waals surface area contributed by atoms with E-state index in [-0.39, 0.29) is 17.9 Å². The predicted molar refractivity (Wildman–Crippen MR) is 72.7 cm³/mol. The van der Waals surface area contributed by atoms with E-state index >= 15 is 0 Å². The second-order valence-corrected chi connectivity index (χ2v) is 5.77. The van der Waals surface area contributed by atoms with Crippen LogP contribution in [0.15, 0.2) is 10.9 Å². The average Bonchev–Trinajstić information content (AvgIpc) is 2.24. The van der Waals surface area contributed by atoms with Crippen LogP contribution in [0.3, 0.4) is 0 Å². The summed E-state index contributed by atoms with van der Waals surface area (Å²) in [6.07, 6.45) is 0. The molecule has 1 aromatic heterocycles. The highest BCUT2D eigenvalue weighted by atomic mass is 35.5. The van der Waals surface area contributed by atoms with E-state index in [1.54, 1.807) is 11.6 Å². The average molecular weight is 271 g/mol. The summed E-state index contributed by atoms with van der Waals surface area (Å²) in [4.78, 5) is 23.6. The van der Waals surface area contributed by atoms with Crippen molar-refractivity contribution in [1.29, 1.82) is 0 Å². The second kappa shape index (κ2) is 5.14. The van der Waals surface area contributed by atoms with Crippen LogP contribution >= 0.6 is 11.6 Å². The molecule has 0 aromatic carbocycles. The largest absolute Gasteiger partial charge is 0.351 e. The highest BCUT2D eigenvalue weighted by Gasteiger charge is 2.21. The van der Waals surface area contributed by atoms with Crippen LogP contribution in [0.25, 0.3) is 0 Å². The van der Waals surface area contributed by atoms with Crippen molar-refractivity contribution in [2.45, 2.75) is 34.2 Å². The molecule has 100 valence electrons. The van der Waals surface area contributed by atoms with Crippen molar-refractivity contribution in [3.63, 3.8) is 0 Å². The van der Waals surface area contributed by atoms with Gasteiger partial charge in [0.05, 0.1) is 5.56 Å². The number of pyridine rings is 1. The maximum absolute atomic E-state index is 11.8. The number of rotatable bonds is 2. The van der Waals surface area contributed by atoms with Gasteiger partial charge in [-0.15, -0.1) is 0 Å². The van der Waals surface area contributed by atoms with Crippen molar-refractivity contribution in [3.8, 4) is 0 Å². The van der Waals surface area contributed by atoms with Gasteiger partial charge < -0.3 is 9.88 Å². The molecule has 1 rings (SSSR count). The van der Waals surface area contributed by atoms with Crippen molar-refractivity contribution in [3.05, 3.63) is 32.7 Å². The summed E-state index contributed by atoms with van der Waals surface area (Å²) in [6, 6.07) is 1.52. The highest BCUT2D eigenvalue weighted by Crippen LogP contribution is 2.15. The number of hydrogen-bond acceptors (Lipinski definition) is 2. The predicted octanol–water partition coefficient (Wildman–Crippen LogP) is 2.01. The number of amides is 1. The van der Waals surface area contributed by atoms with Gasteiger partial charge in [0.15, 0.2) is 5.43 Å². The Kier molecular flexibility index (Phi) is 4.22. The number of hydrogen-bond donors (Lipinski definition) is 1. The van der Waals surface area contributed by atoms with E-state index in [2.05, 4.69) is 5.32 Å². The number of carbonyl (C=O) groups excluding carboxylic acids is 1. The first-order valence-corrected chi connectivity index (χ1v) is 6.15. The third-order valence-electron chi connectivity index (χ3n) is 2.82. The van der Waals surface area contributed by atoms with E-state index in [1.807, 2.05) is 27.7 Å². The lowest BCUT2D eigenvalue weighted by Gasteiger charge is -2.18. The highest BCUT2D eigenvalue weighted by molar-refractivity contribution is 6.30. The molecule has 1 N–H and O–H groups in total. The fraction of sp³-hybridized carbons (Fsp3) is 0.538. The van der Waals surface area contributed by atoms with E-state index in [9.17, 15) is 9.59 Å². The van der Waals surface area contributed by atoms with Crippen molar-refractivity contribution in [2.75, 3.05) is 0 Å². The van der Waals surface area contributed by atoms with Crippen LogP contribution in [0.4, 0.5) is 0 Å². The van der Waals surface area contributed by atoms with E-state index in [1.165, 1.54) is 6.07 Å². The van der Waals surface area contributed by atoms with Gasteiger partial charge in [0.25, 0.3) is 0 Å². The molecular formula is C13H19ClN2O2. The summed E-state index contributed by atoms with van der Waals surface area (Å²) in [5.74, 6) is -0.110. The first-order chi connectivity index (χ1) is 8.14. The minimum atomic E-state index is -0.484. The molecule has 0 saturated heterocycles. The molecule has 0 aliphatic carbocycles. The van der Waals surface area contributed by atoms with Gasteiger partial charge in [-0.3, -0.25) is 9.59 Å². The van der Waals surface area contributed by atoms with Crippen LogP contribution in [-0.2, 0) is 18.4 Å². The van der Waals surface area contributed by atoms with E-state index < -0.39 is 5.41 Å². The summed E-state index contributed by atoms with van der Waals surface area (Å²) < 4.78 is 1.72. The Morgan fingerprint density at radius 3 is 2.50 bits per heavy atom. The van der Waals surface area contributed by atoms with Crippen LogP contribution in [0, 0.1) is 12.3 Å². The summed E-state index contributed by atoms with van der Waals surface area (Å²) in [5.41, 5.74) is 0.575. The Labute approximate surface area is 112 Å². The summed E-state index contributed by atoms with van der Waals surface area (Å²) in [6.45, 7) is 7.41. The molecule has 0 aliphatic heterocycles. The van der Waals surface area contributed by atoms with Crippen LogP contribution in [0.5, 0.6) is 0 Å². The molecule has 0 radical (unpaired) electrons. The lowest BCUT2D eigenvalue weighted by Crippen LogP contribution is -2.35. The zero-order valence-electron chi connectivity index (χ0n) is 11.4. The molecule has 0 bridgehead atoms. The number of halogens is 1. The normalized spacial score (nSPS) is 11.4. The third-order valence-corrected chi connectivity index (χ3v) is 3.30. The Bertz CT molecular complexity index is 527. The zero-order valence-corrected chi connectivity index (χ0v) is 12.2. The molecule has 0 aliphatic rings. The first kappa shape index (κ1) is 14.8. The Morgan fingerprint density at radius 2 is 2.00 bits per heavy atom. The van der Waals surface area contributed by atoms with Crippen LogP contribution in [0.1, 0.15) is 32.0 Å². The number of carbonyl (C=O) groups is 1. The molecule has 4 nitrogen and oxygen atoms in total. The fourth-order valence-electron chi connectivity index (χ4n) is 1.43. The van der Waals surface area contributed by atoms with Crippen molar-refractivity contribution in [2.24, 2.45) is 12.5 Å². The number of aromatic nitrogens is 1. The molecule has 1 amide bonds. The monoisotopic (exact) mass is 270 g/mol. The van der Waals surface area contributed by atoms with Crippen LogP contribution in [-0.4, -0.2) is 10.5 Å². The minimum Gasteiger partial charge on any atom is -0.351 e. The van der Waals surface area contributed by atoms with Crippen molar-refractivity contribution >= 4 is 17.5 Å². The molecule has 1 aromatic rings. The van der Waals surface area contributed by atoms with Crippen molar-refractivity contribution < 1.29 is 4.79 Å². The standard InChI is InChI=1S/C13H19ClN2O2/c1-8-6-10(17)9(11(14)16(8)5)7-15-12(18)13(2,3)4/h6H,7H2,1-5H3,(H,15,18). The Balaban J connectivity index is 2.97. The molecule has 0 unspecified atom stereocenters. The maximum Gasteiger partial charge on any atom is 0.225 e. The lowest BCUT2D eigenvalue weighted by atomic mass is 9.95. The maximum atomic E-state index is 11.8. The summed E-state index contributed by atoms with van der Waals surface area (Å²) >= 11 is 6.11. The molecule has 5 heteroatoms. The number of nitrogens with zero attached hydrogens (tertiary/aromatic N) is 1. The number of aryl methyl sites for hydroxylation is 1. The molecule has 0 atom stereocenters. The molecule has 0 spiro atoms. The van der Waals surface area contributed by atoms with E-state index in [0.29, 0.717) is 10.7 Å². The van der Waals surface area contributed by atoms with Gasteiger partial charge in [0.2, 0.25) is 5.91 Å². The smallest absolute Gasteiger partial charge is 0.225 e. The SMILES string of the molecule is Cc1cc(=O)c(CNC(=O)C(C)(C)C)c(Cl)n1C. The molecule has 0 fully saturated rings. The molecule has 18 heavy (non-hydrogen) atoms. The second-order valence-electron chi connectivity index (χ2n) is 5.41. The van der Waals surface area contributed by atoms with Gasteiger partial charge in [0.1, 0.15) is 5.15 Å². The van der Waals surface area contributed by atoms with Gasteiger partial charge in [0, 0.05) is 30.8 Å². The lowest BCUT2D eigenvalue weighted by molar-refractivity contribution is -0.128. The Morgan fingerprint density at radius 1 is 1.44 bits per heavy atom. The van der Waals surface area contributed by atoms with Crippen molar-refractivity contribution in [1.82, 2.24) is 9.88 Å². The third kappa shape index (κ3) is 3.13. The molecular weight excluding hydrogens is 252 g/mol. The summed E-state index contributed by atoms with van der Waals surface area (Å²) in [7, 11) is 1.78. The van der Waals surface area contributed by atoms with E-state index in [0.717, 1.165) is 5.69 Å². The van der Waals surface area contributed by atoms with Crippen LogP contribution in [0.2, 0.25) is 5.15 Å². The van der Waals surface area contributed by atoms with Gasteiger partial charge in [-0.2, -0.15) is 0 Å². The van der Waals surface area contributed by atoms with Gasteiger partial charge in [-0.1, -0.05) is 32.4 Å². The topological polar surface area (TPSA) is 51.1 Å². The molecule has 1 heterocycles. The van der Waals surface area contributed by atoms with Gasteiger partial charge in [-0.25, -0.2) is 0 Å². The molecule has 0 saturated carbocycles. The number of nitrogens with one attached hydrogen (secondary N) is 1. The van der Waals surface area contributed by atoms with E-state index in [4.69, 9.17) is 11.6 Å². The zero-order chi connectivity index (χ0) is 14.1. The van der Waals surface area contributed by atoms with Gasteiger partial charge >= 0.3 is 0 Å². The van der Waals surface area contributed by atoms with Crippen LogP contribution < -0.4 is 10.7 Å². The first-order valence-electron chi connectivity index (χ1n) is 5.78. The van der Waals surface area contributed by atoms with Gasteiger partial charge in [-0.05, 0) is 6.92 Å². The Hall–Kier alpha value is -1.29. The quantitative estimate of drug-likeness (QED) is 0.836. The minimum absolute atomic E-state index is 0.110. The fourth-order valence-corrected chi connectivity index (χ4v) is 1.72. The summed E-state index contributed by atoms with van der Waals surface area (Å²) in [5, 5.41) is 3.10.